The first-order valence-electron chi connectivity index (χ1n) is 8.80. The molecule has 1 saturated heterocycles. The number of hydrogen-bond acceptors (Lipinski definition) is 4. The van der Waals surface area contributed by atoms with Crippen molar-refractivity contribution < 1.29 is 19.1 Å². The molecule has 1 fully saturated rings. The van der Waals surface area contributed by atoms with Gasteiger partial charge in [-0.25, -0.2) is 0 Å². The number of nitrogens with one attached hydrogen (secondary N) is 1. The average Bonchev–Trinajstić information content (AvgIpc) is 3.08. The molecule has 0 unspecified atom stereocenters. The highest BCUT2D eigenvalue weighted by Gasteiger charge is 2.29. The standard InChI is InChI=1S/C19H26N2O4/c1-19(2,3)13-6-7-16-15(9-13)21(18(23)12-25-16)11-17(22)20-10-14-5-4-8-24-14/h6-7,9,14H,4-5,8,10-12H2,1-3H3,(H,20,22)/t14-/m0/s1. The van der Waals surface area contributed by atoms with Crippen molar-refractivity contribution in [2.45, 2.75) is 45.1 Å². The largest absolute Gasteiger partial charge is 0.482 e. The van der Waals surface area contributed by atoms with Crippen molar-refractivity contribution in [1.82, 2.24) is 5.32 Å². The zero-order valence-electron chi connectivity index (χ0n) is 15.1. The molecule has 0 aromatic heterocycles. The number of benzene rings is 1. The van der Waals surface area contributed by atoms with E-state index in [1.165, 1.54) is 4.90 Å². The van der Waals surface area contributed by atoms with Crippen LogP contribution >= 0.6 is 0 Å². The van der Waals surface area contributed by atoms with Gasteiger partial charge in [0.1, 0.15) is 12.3 Å². The number of rotatable bonds is 4. The molecule has 2 amide bonds. The molecule has 0 radical (unpaired) electrons. The summed E-state index contributed by atoms with van der Waals surface area (Å²) in [6.45, 7) is 7.53. The topological polar surface area (TPSA) is 67.9 Å². The van der Waals surface area contributed by atoms with Gasteiger partial charge in [-0.15, -0.1) is 0 Å². The minimum absolute atomic E-state index is 0.00445. The zero-order valence-corrected chi connectivity index (χ0v) is 15.1. The van der Waals surface area contributed by atoms with Crippen molar-refractivity contribution in [3.8, 4) is 5.75 Å². The Bertz CT molecular complexity index is 660. The van der Waals surface area contributed by atoms with E-state index in [0.29, 0.717) is 18.0 Å². The van der Waals surface area contributed by atoms with E-state index in [1.54, 1.807) is 0 Å². The van der Waals surface area contributed by atoms with E-state index < -0.39 is 0 Å². The molecular formula is C19H26N2O4. The third-order valence-corrected chi connectivity index (χ3v) is 4.62. The highest BCUT2D eigenvalue weighted by molar-refractivity contribution is 6.02. The fraction of sp³-hybridized carbons (Fsp3) is 0.579. The number of nitrogens with zero attached hydrogens (tertiary/aromatic N) is 1. The van der Waals surface area contributed by atoms with Crippen LogP contribution in [0.5, 0.6) is 5.75 Å². The smallest absolute Gasteiger partial charge is 0.265 e. The second-order valence-corrected chi connectivity index (χ2v) is 7.64. The van der Waals surface area contributed by atoms with Crippen LogP contribution < -0.4 is 15.0 Å². The maximum atomic E-state index is 12.3. The van der Waals surface area contributed by atoms with Crippen molar-refractivity contribution >= 4 is 17.5 Å². The zero-order chi connectivity index (χ0) is 18.0. The van der Waals surface area contributed by atoms with Gasteiger partial charge in [0.25, 0.3) is 5.91 Å². The van der Waals surface area contributed by atoms with E-state index >= 15 is 0 Å². The van der Waals surface area contributed by atoms with E-state index in [4.69, 9.17) is 9.47 Å². The molecule has 1 N–H and O–H groups in total. The number of hydrogen-bond donors (Lipinski definition) is 1. The summed E-state index contributed by atoms with van der Waals surface area (Å²) in [6, 6.07) is 5.82. The van der Waals surface area contributed by atoms with Crippen LogP contribution in [0.25, 0.3) is 0 Å². The van der Waals surface area contributed by atoms with Gasteiger partial charge in [-0.2, -0.15) is 0 Å². The minimum Gasteiger partial charge on any atom is -0.482 e. The summed E-state index contributed by atoms with van der Waals surface area (Å²) in [5, 5.41) is 2.87. The van der Waals surface area contributed by atoms with Crippen molar-refractivity contribution in [3.05, 3.63) is 23.8 Å². The van der Waals surface area contributed by atoms with Gasteiger partial charge in [0.05, 0.1) is 11.8 Å². The Morgan fingerprint density at radius 3 is 2.84 bits per heavy atom. The molecule has 0 bridgehead atoms. The fourth-order valence-electron chi connectivity index (χ4n) is 3.07. The third-order valence-electron chi connectivity index (χ3n) is 4.62. The van der Waals surface area contributed by atoms with Crippen molar-refractivity contribution in [3.63, 3.8) is 0 Å². The lowest BCUT2D eigenvalue weighted by Crippen LogP contribution is -2.46. The Hall–Kier alpha value is -2.08. The predicted molar refractivity (Wildman–Crippen MR) is 95.0 cm³/mol. The van der Waals surface area contributed by atoms with Crippen LogP contribution in [0.3, 0.4) is 0 Å². The van der Waals surface area contributed by atoms with Crippen LogP contribution in [0.4, 0.5) is 5.69 Å². The molecule has 0 spiro atoms. The van der Waals surface area contributed by atoms with Crippen LogP contribution in [-0.4, -0.2) is 44.2 Å². The Kier molecular flexibility index (Phi) is 4.99. The number of fused-ring (bicyclic) bond motifs is 1. The van der Waals surface area contributed by atoms with Gasteiger partial charge in [-0.05, 0) is 36.0 Å². The summed E-state index contributed by atoms with van der Waals surface area (Å²) in [5.74, 6) is 0.253. The Balaban J connectivity index is 1.72. The second kappa shape index (κ2) is 7.04. The summed E-state index contributed by atoms with van der Waals surface area (Å²) in [5.41, 5.74) is 1.70. The van der Waals surface area contributed by atoms with Gasteiger partial charge in [0.2, 0.25) is 5.91 Å². The highest BCUT2D eigenvalue weighted by atomic mass is 16.5. The SMILES string of the molecule is CC(C)(C)c1ccc2c(c1)N(CC(=O)NC[C@@H]1CCCO1)C(=O)CO2. The molecule has 3 rings (SSSR count). The molecule has 0 saturated carbocycles. The molecule has 136 valence electrons. The average molecular weight is 346 g/mol. The van der Waals surface area contributed by atoms with E-state index in [-0.39, 0.29) is 36.5 Å². The molecule has 1 atom stereocenters. The predicted octanol–water partition coefficient (Wildman–Crippen LogP) is 2.00. The van der Waals surface area contributed by atoms with Gasteiger partial charge in [-0.3, -0.25) is 14.5 Å². The van der Waals surface area contributed by atoms with Gasteiger partial charge in [0, 0.05) is 13.2 Å². The van der Waals surface area contributed by atoms with E-state index in [9.17, 15) is 9.59 Å². The highest BCUT2D eigenvalue weighted by Crippen LogP contribution is 2.36. The summed E-state index contributed by atoms with van der Waals surface area (Å²) >= 11 is 0. The molecule has 0 aliphatic carbocycles. The maximum absolute atomic E-state index is 12.3. The Morgan fingerprint density at radius 2 is 2.16 bits per heavy atom. The summed E-state index contributed by atoms with van der Waals surface area (Å²) in [6.07, 6.45) is 2.09. The Morgan fingerprint density at radius 1 is 1.36 bits per heavy atom. The van der Waals surface area contributed by atoms with Crippen LogP contribution in [0.15, 0.2) is 18.2 Å². The molecule has 2 heterocycles. The van der Waals surface area contributed by atoms with Crippen molar-refractivity contribution in [2.75, 3.05) is 31.2 Å². The first-order chi connectivity index (χ1) is 11.8. The molecule has 6 heteroatoms. The van der Waals surface area contributed by atoms with E-state index in [1.807, 2.05) is 18.2 Å². The lowest BCUT2D eigenvalue weighted by molar-refractivity contribution is -0.125. The normalized spacial score (nSPS) is 20.2. The Labute approximate surface area is 148 Å². The molecule has 6 nitrogen and oxygen atoms in total. The van der Waals surface area contributed by atoms with Crippen LogP contribution in [0.2, 0.25) is 0 Å². The third kappa shape index (κ3) is 4.12. The molecule has 2 aliphatic rings. The summed E-state index contributed by atoms with van der Waals surface area (Å²) in [7, 11) is 0. The molecule has 2 aliphatic heterocycles. The summed E-state index contributed by atoms with van der Waals surface area (Å²) in [4.78, 5) is 26.1. The molecule has 1 aromatic carbocycles. The monoisotopic (exact) mass is 346 g/mol. The van der Waals surface area contributed by atoms with E-state index in [2.05, 4.69) is 26.1 Å². The molecule has 1 aromatic rings. The van der Waals surface area contributed by atoms with Gasteiger partial charge >= 0.3 is 0 Å². The quantitative estimate of drug-likeness (QED) is 0.905. The number of anilines is 1. The molecular weight excluding hydrogens is 320 g/mol. The van der Waals surface area contributed by atoms with Crippen LogP contribution in [0, 0.1) is 0 Å². The minimum atomic E-state index is -0.203. The maximum Gasteiger partial charge on any atom is 0.265 e. The lowest BCUT2D eigenvalue weighted by atomic mass is 9.86. The van der Waals surface area contributed by atoms with E-state index in [0.717, 1.165) is 25.0 Å². The van der Waals surface area contributed by atoms with Crippen LogP contribution in [-0.2, 0) is 19.7 Å². The van der Waals surface area contributed by atoms with Gasteiger partial charge in [-0.1, -0.05) is 26.8 Å². The van der Waals surface area contributed by atoms with Gasteiger partial charge in [0.15, 0.2) is 6.61 Å². The first-order valence-corrected chi connectivity index (χ1v) is 8.80. The number of ether oxygens (including phenoxy) is 2. The summed E-state index contributed by atoms with van der Waals surface area (Å²) < 4.78 is 11.0. The lowest BCUT2D eigenvalue weighted by Gasteiger charge is -2.31. The van der Waals surface area contributed by atoms with Gasteiger partial charge < -0.3 is 14.8 Å². The second-order valence-electron chi connectivity index (χ2n) is 7.64. The van der Waals surface area contributed by atoms with Crippen LogP contribution in [0.1, 0.15) is 39.2 Å². The first kappa shape index (κ1) is 17.7. The number of carbonyl (C=O) groups excluding carboxylic acids is 2. The van der Waals surface area contributed by atoms with Crippen molar-refractivity contribution in [1.29, 1.82) is 0 Å². The fourth-order valence-corrected chi connectivity index (χ4v) is 3.07. The molecule has 25 heavy (non-hydrogen) atoms. The van der Waals surface area contributed by atoms with Crippen molar-refractivity contribution in [2.24, 2.45) is 0 Å². The number of carbonyl (C=O) groups is 2. The number of amides is 2.